The summed E-state index contributed by atoms with van der Waals surface area (Å²) in [6.45, 7) is 4.24. The molecule has 0 saturated carbocycles. The Morgan fingerprint density at radius 3 is 2.50 bits per heavy atom. The summed E-state index contributed by atoms with van der Waals surface area (Å²) in [5.74, 6) is 1.53. The lowest BCUT2D eigenvalue weighted by molar-refractivity contribution is 0.0617. The van der Waals surface area contributed by atoms with Gasteiger partial charge in [0.25, 0.3) is 0 Å². The van der Waals surface area contributed by atoms with Gasteiger partial charge < -0.3 is 9.47 Å². The third-order valence-electron chi connectivity index (χ3n) is 4.33. The normalized spacial score (nSPS) is 16.7. The smallest absolute Gasteiger partial charge is 0.179 e. The van der Waals surface area contributed by atoms with Gasteiger partial charge in [0.1, 0.15) is 12.7 Å². The summed E-state index contributed by atoms with van der Waals surface area (Å²) in [6, 6.07) is 13.8. The van der Waals surface area contributed by atoms with Gasteiger partial charge in [-0.05, 0) is 42.9 Å². The molecule has 7 heteroatoms. The van der Waals surface area contributed by atoms with Crippen molar-refractivity contribution in [2.24, 2.45) is 0 Å². The van der Waals surface area contributed by atoms with Crippen LogP contribution < -0.4 is 9.47 Å². The van der Waals surface area contributed by atoms with Crippen molar-refractivity contribution in [1.82, 2.24) is 4.90 Å². The zero-order valence-electron chi connectivity index (χ0n) is 14.6. The van der Waals surface area contributed by atoms with E-state index in [0.29, 0.717) is 29.6 Å². The lowest BCUT2D eigenvalue weighted by atomic mass is 10.2. The molecule has 5 nitrogen and oxygen atoms in total. The number of rotatable bonds is 7. The van der Waals surface area contributed by atoms with Crippen LogP contribution in [-0.2, 0) is 9.84 Å². The van der Waals surface area contributed by atoms with E-state index in [2.05, 4.69) is 4.90 Å². The molecule has 1 aliphatic heterocycles. The quantitative estimate of drug-likeness (QED) is 0.720. The molecular weight excluding hydrogens is 374 g/mol. The molecule has 26 heavy (non-hydrogen) atoms. The number of hydrogen-bond acceptors (Lipinski definition) is 5. The molecular formula is C19H22ClNO4S. The second-order valence-electron chi connectivity index (χ2n) is 6.16. The van der Waals surface area contributed by atoms with Gasteiger partial charge >= 0.3 is 0 Å². The van der Waals surface area contributed by atoms with Gasteiger partial charge in [0.05, 0.1) is 10.6 Å². The van der Waals surface area contributed by atoms with Crippen molar-refractivity contribution < 1.29 is 17.9 Å². The third-order valence-corrected chi connectivity index (χ3v) is 6.29. The van der Waals surface area contributed by atoms with Gasteiger partial charge in [0.2, 0.25) is 0 Å². The molecule has 2 aromatic rings. The van der Waals surface area contributed by atoms with Gasteiger partial charge in [-0.2, -0.15) is 0 Å². The number of fused-ring (bicyclic) bond motifs is 1. The Bertz CT molecular complexity index is 839. The van der Waals surface area contributed by atoms with E-state index in [0.717, 1.165) is 18.0 Å². The molecule has 0 radical (unpaired) electrons. The summed E-state index contributed by atoms with van der Waals surface area (Å²) in [6.07, 6.45) is -0.122. The highest BCUT2D eigenvalue weighted by atomic mass is 35.5. The first kappa shape index (κ1) is 19.0. The molecule has 1 unspecified atom stereocenters. The average Bonchev–Trinajstić information content (AvgIpc) is 2.65. The van der Waals surface area contributed by atoms with E-state index in [1.54, 1.807) is 24.3 Å². The van der Waals surface area contributed by atoms with E-state index in [9.17, 15) is 8.42 Å². The minimum atomic E-state index is -3.34. The molecule has 140 valence electrons. The summed E-state index contributed by atoms with van der Waals surface area (Å²) >= 11 is 5.83. The van der Waals surface area contributed by atoms with Crippen molar-refractivity contribution in [3.8, 4) is 11.5 Å². The molecule has 2 aromatic carbocycles. The van der Waals surface area contributed by atoms with Crippen LogP contribution in [0.4, 0.5) is 0 Å². The molecule has 0 amide bonds. The maximum absolute atomic E-state index is 12.5. The summed E-state index contributed by atoms with van der Waals surface area (Å²) in [5.41, 5.74) is 0. The van der Waals surface area contributed by atoms with Gasteiger partial charge in [-0.25, -0.2) is 8.42 Å². The molecule has 0 bridgehead atoms. The molecule has 1 heterocycles. The van der Waals surface area contributed by atoms with Crippen LogP contribution in [0.3, 0.4) is 0 Å². The average molecular weight is 396 g/mol. The fourth-order valence-corrected chi connectivity index (χ4v) is 4.24. The maximum atomic E-state index is 12.5. The standard InChI is InChI=1S/C19H22ClNO4S/c1-2-21(11-12-26(22,23)17-9-7-15(20)8-10-17)13-16-14-24-18-5-3-4-6-19(18)25-16/h3-10,16H,2,11-14H2,1H3. The monoisotopic (exact) mass is 395 g/mol. The Balaban J connectivity index is 1.57. The zero-order chi connectivity index (χ0) is 18.6. The minimum Gasteiger partial charge on any atom is -0.486 e. The van der Waals surface area contributed by atoms with Crippen molar-refractivity contribution in [2.75, 3.05) is 32.0 Å². The molecule has 0 N–H and O–H groups in total. The highest BCUT2D eigenvalue weighted by molar-refractivity contribution is 7.91. The topological polar surface area (TPSA) is 55.8 Å². The number of nitrogens with zero attached hydrogens (tertiary/aromatic N) is 1. The molecule has 0 aliphatic carbocycles. The molecule has 3 rings (SSSR count). The van der Waals surface area contributed by atoms with E-state index >= 15 is 0 Å². The number of sulfone groups is 1. The van der Waals surface area contributed by atoms with Crippen LogP contribution in [0.25, 0.3) is 0 Å². The van der Waals surface area contributed by atoms with Gasteiger partial charge in [0.15, 0.2) is 21.3 Å². The molecule has 1 aliphatic rings. The van der Waals surface area contributed by atoms with Crippen molar-refractivity contribution in [3.05, 3.63) is 53.6 Å². The van der Waals surface area contributed by atoms with E-state index < -0.39 is 9.84 Å². The summed E-state index contributed by atoms with van der Waals surface area (Å²) in [4.78, 5) is 2.36. The van der Waals surface area contributed by atoms with Crippen LogP contribution in [0.5, 0.6) is 11.5 Å². The molecule has 0 spiro atoms. The number of hydrogen-bond donors (Lipinski definition) is 0. The molecule has 1 atom stereocenters. The minimum absolute atomic E-state index is 0.0483. The van der Waals surface area contributed by atoms with Crippen molar-refractivity contribution in [3.63, 3.8) is 0 Å². The Kier molecular flexibility index (Phi) is 6.06. The highest BCUT2D eigenvalue weighted by Crippen LogP contribution is 2.31. The van der Waals surface area contributed by atoms with Crippen molar-refractivity contribution in [2.45, 2.75) is 17.9 Å². The number of para-hydroxylation sites is 2. The summed E-state index contributed by atoms with van der Waals surface area (Å²) in [7, 11) is -3.34. The van der Waals surface area contributed by atoms with Crippen molar-refractivity contribution >= 4 is 21.4 Å². The lowest BCUT2D eigenvalue weighted by Gasteiger charge is -2.30. The Morgan fingerprint density at radius 2 is 1.81 bits per heavy atom. The SMILES string of the molecule is CCN(CCS(=O)(=O)c1ccc(Cl)cc1)CC1COc2ccccc2O1. The van der Waals surface area contributed by atoms with Crippen LogP contribution in [-0.4, -0.2) is 51.4 Å². The highest BCUT2D eigenvalue weighted by Gasteiger charge is 2.24. The van der Waals surface area contributed by atoms with Crippen LogP contribution in [0.2, 0.25) is 5.02 Å². The van der Waals surface area contributed by atoms with Crippen LogP contribution in [0, 0.1) is 0 Å². The third kappa shape index (κ3) is 4.69. The Hall–Kier alpha value is -1.76. The zero-order valence-corrected chi connectivity index (χ0v) is 16.2. The second kappa shape index (κ2) is 8.29. The molecule has 0 fully saturated rings. The van der Waals surface area contributed by atoms with Gasteiger partial charge in [-0.15, -0.1) is 0 Å². The maximum Gasteiger partial charge on any atom is 0.179 e. The first-order chi connectivity index (χ1) is 12.5. The Labute approximate surface area is 159 Å². The van der Waals surface area contributed by atoms with E-state index in [-0.39, 0.29) is 11.9 Å². The summed E-state index contributed by atoms with van der Waals surface area (Å²) < 4.78 is 36.7. The van der Waals surface area contributed by atoms with E-state index in [1.807, 2.05) is 31.2 Å². The van der Waals surface area contributed by atoms with Crippen LogP contribution in [0.15, 0.2) is 53.4 Å². The fraction of sp³-hybridized carbons (Fsp3) is 0.368. The number of ether oxygens (including phenoxy) is 2. The van der Waals surface area contributed by atoms with E-state index in [4.69, 9.17) is 21.1 Å². The van der Waals surface area contributed by atoms with E-state index in [1.165, 1.54) is 0 Å². The molecule has 0 aromatic heterocycles. The van der Waals surface area contributed by atoms with Crippen molar-refractivity contribution in [1.29, 1.82) is 0 Å². The number of likely N-dealkylation sites (N-methyl/N-ethyl adjacent to an activating group) is 1. The predicted molar refractivity (Wildman–Crippen MR) is 102 cm³/mol. The van der Waals surface area contributed by atoms with Gasteiger partial charge in [-0.3, -0.25) is 4.90 Å². The molecule has 0 saturated heterocycles. The summed E-state index contributed by atoms with van der Waals surface area (Å²) in [5, 5.41) is 0.522. The first-order valence-electron chi connectivity index (χ1n) is 8.57. The Morgan fingerprint density at radius 1 is 1.12 bits per heavy atom. The first-order valence-corrected chi connectivity index (χ1v) is 10.6. The number of benzene rings is 2. The second-order valence-corrected chi connectivity index (χ2v) is 8.71. The predicted octanol–water partition coefficient (Wildman–Crippen LogP) is 3.28. The van der Waals surface area contributed by atoms with Crippen LogP contribution in [0.1, 0.15) is 6.92 Å². The lowest BCUT2D eigenvalue weighted by Crippen LogP contribution is -2.42. The number of halogens is 1. The van der Waals surface area contributed by atoms with Gasteiger partial charge in [-0.1, -0.05) is 30.7 Å². The fourth-order valence-electron chi connectivity index (χ4n) is 2.83. The van der Waals surface area contributed by atoms with Gasteiger partial charge in [0, 0.05) is 18.1 Å². The van der Waals surface area contributed by atoms with Crippen LogP contribution >= 0.6 is 11.6 Å². The largest absolute Gasteiger partial charge is 0.486 e.